The Hall–Kier alpha value is -2.93. The lowest BCUT2D eigenvalue weighted by atomic mass is 9.76. The molecule has 0 radical (unpaired) electrons. The number of hydrogen-bond acceptors (Lipinski definition) is 5. The van der Waals surface area contributed by atoms with E-state index in [1.165, 1.54) is 0 Å². The van der Waals surface area contributed by atoms with E-state index in [2.05, 4.69) is 10.5 Å². The van der Waals surface area contributed by atoms with Crippen molar-refractivity contribution >= 4 is 23.3 Å². The maximum absolute atomic E-state index is 13.2. The van der Waals surface area contributed by atoms with Crippen LogP contribution in [0.15, 0.2) is 40.9 Å². The highest BCUT2D eigenvalue weighted by molar-refractivity contribution is 6.05. The molecule has 1 aromatic heterocycles. The van der Waals surface area contributed by atoms with Gasteiger partial charge >= 0.3 is 0 Å². The van der Waals surface area contributed by atoms with E-state index < -0.39 is 17.4 Å². The fourth-order valence-corrected chi connectivity index (χ4v) is 4.74. The van der Waals surface area contributed by atoms with Crippen molar-refractivity contribution in [2.45, 2.75) is 32.5 Å². The van der Waals surface area contributed by atoms with Gasteiger partial charge in [-0.2, -0.15) is 0 Å². The molecule has 2 aromatic rings. The number of carbonyl (C=O) groups excluding carboxylic acids is 2. The van der Waals surface area contributed by atoms with Crippen molar-refractivity contribution < 1.29 is 18.8 Å². The molecule has 0 saturated carbocycles. The molecule has 3 unspecified atom stereocenters. The molecule has 1 spiro atoms. The van der Waals surface area contributed by atoms with Gasteiger partial charge in [0.2, 0.25) is 11.8 Å². The standard InChI is InChI=1S/C21H21N3O4/c1-11-6-12(2)8-14(7-11)22-19(25)17-15-4-5-21(27-15)10-24(20(26)18(17)21)16-9-13(3)28-23-16/h4-9,15,17-18H,10H2,1-3H3,(H,22,25)/t15?,17?,18?,21-/m0/s1. The van der Waals surface area contributed by atoms with Gasteiger partial charge in [-0.05, 0) is 44.0 Å². The maximum atomic E-state index is 13.2. The first kappa shape index (κ1) is 17.2. The molecule has 7 nitrogen and oxygen atoms in total. The molecule has 2 saturated heterocycles. The number of anilines is 2. The van der Waals surface area contributed by atoms with E-state index >= 15 is 0 Å². The number of ether oxygens (including phenoxy) is 1. The molecule has 1 aromatic carbocycles. The van der Waals surface area contributed by atoms with Crippen molar-refractivity contribution in [1.82, 2.24) is 5.16 Å². The zero-order valence-electron chi connectivity index (χ0n) is 15.9. The van der Waals surface area contributed by atoms with E-state index in [9.17, 15) is 9.59 Å². The van der Waals surface area contributed by atoms with Gasteiger partial charge in [-0.25, -0.2) is 0 Å². The third-order valence-corrected chi connectivity index (χ3v) is 5.78. The summed E-state index contributed by atoms with van der Waals surface area (Å²) in [7, 11) is 0. The number of carbonyl (C=O) groups is 2. The average molecular weight is 379 g/mol. The van der Waals surface area contributed by atoms with Crippen LogP contribution in [-0.2, 0) is 14.3 Å². The number of nitrogens with one attached hydrogen (secondary N) is 1. The Kier molecular flexibility index (Phi) is 3.55. The topological polar surface area (TPSA) is 84.7 Å². The van der Waals surface area contributed by atoms with Crippen LogP contribution in [0, 0.1) is 32.6 Å². The normalized spacial score (nSPS) is 30.2. The largest absolute Gasteiger partial charge is 0.360 e. The first-order valence-corrected chi connectivity index (χ1v) is 9.37. The number of rotatable bonds is 3. The van der Waals surface area contributed by atoms with Crippen LogP contribution in [-0.4, -0.2) is 35.2 Å². The zero-order chi connectivity index (χ0) is 19.6. The fraction of sp³-hybridized carbons (Fsp3) is 0.381. The van der Waals surface area contributed by atoms with Gasteiger partial charge in [0.15, 0.2) is 5.82 Å². The fourth-order valence-electron chi connectivity index (χ4n) is 4.74. The van der Waals surface area contributed by atoms with Gasteiger partial charge in [0.25, 0.3) is 0 Å². The van der Waals surface area contributed by atoms with Crippen LogP contribution in [0.1, 0.15) is 16.9 Å². The van der Waals surface area contributed by atoms with Crippen molar-refractivity contribution in [2.24, 2.45) is 11.8 Å². The summed E-state index contributed by atoms with van der Waals surface area (Å²) < 4.78 is 11.3. The molecule has 3 aliphatic heterocycles. The van der Waals surface area contributed by atoms with Crippen LogP contribution in [0.4, 0.5) is 11.5 Å². The predicted molar refractivity (Wildman–Crippen MR) is 102 cm³/mol. The van der Waals surface area contributed by atoms with E-state index in [1.807, 2.05) is 44.2 Å². The molecular formula is C21H21N3O4. The third-order valence-electron chi connectivity index (χ3n) is 5.78. The maximum Gasteiger partial charge on any atom is 0.235 e. The first-order valence-electron chi connectivity index (χ1n) is 9.37. The van der Waals surface area contributed by atoms with Crippen LogP contribution in [0.2, 0.25) is 0 Å². The van der Waals surface area contributed by atoms with Crippen molar-refractivity contribution in [3.63, 3.8) is 0 Å². The summed E-state index contributed by atoms with van der Waals surface area (Å²) in [6, 6.07) is 7.61. The molecule has 144 valence electrons. The van der Waals surface area contributed by atoms with Gasteiger partial charge in [0.05, 0.1) is 24.5 Å². The quantitative estimate of drug-likeness (QED) is 0.829. The monoisotopic (exact) mass is 379 g/mol. The number of hydrogen-bond donors (Lipinski definition) is 1. The molecule has 2 amide bonds. The molecule has 4 heterocycles. The number of fused-ring (bicyclic) bond motifs is 1. The van der Waals surface area contributed by atoms with Crippen LogP contribution < -0.4 is 10.2 Å². The van der Waals surface area contributed by atoms with Gasteiger partial charge in [0, 0.05) is 11.8 Å². The Morgan fingerprint density at radius 3 is 2.64 bits per heavy atom. The summed E-state index contributed by atoms with van der Waals surface area (Å²) in [5.74, 6) is -0.400. The summed E-state index contributed by atoms with van der Waals surface area (Å²) in [4.78, 5) is 27.9. The Morgan fingerprint density at radius 1 is 1.21 bits per heavy atom. The Balaban J connectivity index is 1.44. The SMILES string of the molecule is Cc1cc(C)cc(NC(=O)C2C3C=C[C@@]4(CN(c5cc(C)on5)C(=O)C24)O3)c1. The lowest BCUT2D eigenvalue weighted by Crippen LogP contribution is -2.41. The van der Waals surface area contributed by atoms with Gasteiger partial charge in [-0.3, -0.25) is 14.5 Å². The molecule has 0 aliphatic carbocycles. The minimum Gasteiger partial charge on any atom is -0.360 e. The molecule has 2 fully saturated rings. The lowest BCUT2D eigenvalue weighted by molar-refractivity contribution is -0.128. The lowest BCUT2D eigenvalue weighted by Gasteiger charge is -2.23. The van der Waals surface area contributed by atoms with Gasteiger partial charge in [0.1, 0.15) is 11.4 Å². The number of benzene rings is 1. The van der Waals surface area contributed by atoms with Crippen molar-refractivity contribution in [3.05, 3.63) is 53.3 Å². The Bertz CT molecular complexity index is 1010. The second kappa shape index (κ2) is 5.78. The van der Waals surface area contributed by atoms with E-state index in [4.69, 9.17) is 9.26 Å². The summed E-state index contributed by atoms with van der Waals surface area (Å²) in [5.41, 5.74) is 2.09. The second-order valence-corrected chi connectivity index (χ2v) is 7.99. The summed E-state index contributed by atoms with van der Waals surface area (Å²) in [6.07, 6.45) is 3.43. The highest BCUT2D eigenvalue weighted by Crippen LogP contribution is 2.52. The van der Waals surface area contributed by atoms with Gasteiger partial charge < -0.3 is 14.6 Å². The third kappa shape index (κ3) is 2.43. The molecule has 3 aliphatic rings. The Morgan fingerprint density at radius 2 is 1.96 bits per heavy atom. The molecule has 1 N–H and O–H groups in total. The van der Waals surface area contributed by atoms with Crippen molar-refractivity contribution in [3.8, 4) is 0 Å². The number of amides is 2. The molecule has 4 atom stereocenters. The van der Waals surface area contributed by atoms with E-state index in [1.54, 1.807) is 17.9 Å². The predicted octanol–water partition coefficient (Wildman–Crippen LogP) is 2.52. The van der Waals surface area contributed by atoms with Crippen molar-refractivity contribution in [1.29, 1.82) is 0 Å². The second-order valence-electron chi connectivity index (χ2n) is 7.99. The minimum atomic E-state index is -0.779. The van der Waals surface area contributed by atoms with Crippen LogP contribution in [0.5, 0.6) is 0 Å². The smallest absolute Gasteiger partial charge is 0.235 e. The molecular weight excluding hydrogens is 358 g/mol. The zero-order valence-corrected chi connectivity index (χ0v) is 15.9. The van der Waals surface area contributed by atoms with Gasteiger partial charge in [-0.15, -0.1) is 0 Å². The van der Waals surface area contributed by atoms with Gasteiger partial charge in [-0.1, -0.05) is 23.4 Å². The Labute approximate surface area is 162 Å². The van der Waals surface area contributed by atoms with Crippen molar-refractivity contribution in [2.75, 3.05) is 16.8 Å². The van der Waals surface area contributed by atoms with Crippen LogP contribution in [0.25, 0.3) is 0 Å². The highest BCUT2D eigenvalue weighted by Gasteiger charge is 2.67. The molecule has 28 heavy (non-hydrogen) atoms. The minimum absolute atomic E-state index is 0.152. The molecule has 7 heteroatoms. The molecule has 2 bridgehead atoms. The number of aromatic nitrogens is 1. The number of nitrogens with zero attached hydrogens (tertiary/aromatic N) is 2. The van der Waals surface area contributed by atoms with Crippen LogP contribution in [0.3, 0.4) is 0 Å². The highest BCUT2D eigenvalue weighted by atomic mass is 16.5. The summed E-state index contributed by atoms with van der Waals surface area (Å²) in [6.45, 7) is 6.08. The van der Waals surface area contributed by atoms with Crippen LogP contribution >= 0.6 is 0 Å². The molecule has 5 rings (SSSR count). The van der Waals surface area contributed by atoms with E-state index in [0.29, 0.717) is 18.1 Å². The number of aryl methyl sites for hydroxylation is 3. The van der Waals surface area contributed by atoms with E-state index in [0.717, 1.165) is 16.8 Å². The average Bonchev–Trinajstić information content (AvgIpc) is 3.35. The summed E-state index contributed by atoms with van der Waals surface area (Å²) in [5, 5.41) is 6.94. The summed E-state index contributed by atoms with van der Waals surface area (Å²) >= 11 is 0. The van der Waals surface area contributed by atoms with E-state index in [-0.39, 0.29) is 17.9 Å². The first-order chi connectivity index (χ1) is 13.4.